The number of aryl methyl sites for hydroxylation is 1. The molecule has 0 aliphatic rings. The van der Waals surface area contributed by atoms with Gasteiger partial charge in [-0.15, -0.1) is 0 Å². The van der Waals surface area contributed by atoms with E-state index in [0.29, 0.717) is 5.69 Å². The molecule has 0 amide bonds. The van der Waals surface area contributed by atoms with Gasteiger partial charge in [-0.3, -0.25) is 0 Å². The molecule has 118 valence electrons. The number of nitrogens with one attached hydrogen (secondary N) is 1. The van der Waals surface area contributed by atoms with Gasteiger partial charge in [0.1, 0.15) is 0 Å². The van der Waals surface area contributed by atoms with E-state index < -0.39 is 15.9 Å². The fourth-order valence-corrected chi connectivity index (χ4v) is 3.31. The van der Waals surface area contributed by atoms with E-state index >= 15 is 0 Å². The molecule has 0 heterocycles. The second-order valence-electron chi connectivity index (χ2n) is 5.21. The van der Waals surface area contributed by atoms with Gasteiger partial charge in [-0.05, 0) is 24.6 Å². The van der Waals surface area contributed by atoms with Crippen molar-refractivity contribution >= 4 is 15.5 Å². The first kappa shape index (κ1) is 16.5. The first-order valence-electron chi connectivity index (χ1n) is 7.24. The third kappa shape index (κ3) is 3.87. The first-order chi connectivity index (χ1) is 10.4. The molecular formula is C17H21NO3S. The summed E-state index contributed by atoms with van der Waals surface area (Å²) in [7, 11) is -3.29. The number of aliphatic hydroxyl groups is 1. The van der Waals surface area contributed by atoms with Crippen molar-refractivity contribution in [3.63, 3.8) is 0 Å². The number of anilines is 1. The van der Waals surface area contributed by atoms with Gasteiger partial charge in [-0.2, -0.15) is 0 Å². The van der Waals surface area contributed by atoms with Crippen LogP contribution in [0.4, 0.5) is 5.69 Å². The highest BCUT2D eigenvalue weighted by Gasteiger charge is 2.16. The molecule has 0 saturated carbocycles. The van der Waals surface area contributed by atoms with Gasteiger partial charge < -0.3 is 10.4 Å². The van der Waals surface area contributed by atoms with E-state index in [0.717, 1.165) is 11.1 Å². The number of benzene rings is 2. The van der Waals surface area contributed by atoms with Crippen molar-refractivity contribution < 1.29 is 13.5 Å². The predicted molar refractivity (Wildman–Crippen MR) is 88.8 cm³/mol. The highest BCUT2D eigenvalue weighted by Crippen LogP contribution is 2.23. The van der Waals surface area contributed by atoms with E-state index in [1.54, 1.807) is 31.2 Å². The van der Waals surface area contributed by atoms with E-state index in [4.69, 9.17) is 0 Å². The van der Waals surface area contributed by atoms with Crippen LogP contribution in [0.3, 0.4) is 0 Å². The van der Waals surface area contributed by atoms with E-state index in [2.05, 4.69) is 5.32 Å². The number of para-hydroxylation sites is 1. The quantitative estimate of drug-likeness (QED) is 0.859. The van der Waals surface area contributed by atoms with Crippen LogP contribution >= 0.6 is 0 Å². The Morgan fingerprint density at radius 2 is 1.86 bits per heavy atom. The average molecular weight is 319 g/mol. The van der Waals surface area contributed by atoms with Crippen LogP contribution in [0, 0.1) is 6.92 Å². The molecule has 1 atom stereocenters. The predicted octanol–water partition coefficient (Wildman–Crippen LogP) is 2.93. The van der Waals surface area contributed by atoms with Gasteiger partial charge in [0.15, 0.2) is 9.84 Å². The van der Waals surface area contributed by atoms with Gasteiger partial charge >= 0.3 is 0 Å². The maximum absolute atomic E-state index is 12.1. The van der Waals surface area contributed by atoms with Gasteiger partial charge in [0.2, 0.25) is 0 Å². The lowest BCUT2D eigenvalue weighted by Gasteiger charge is -2.16. The van der Waals surface area contributed by atoms with Crippen molar-refractivity contribution in [2.24, 2.45) is 0 Å². The van der Waals surface area contributed by atoms with E-state index in [9.17, 15) is 13.5 Å². The molecule has 0 fully saturated rings. The summed E-state index contributed by atoms with van der Waals surface area (Å²) in [6.45, 7) is 3.83. The molecule has 0 aliphatic carbocycles. The molecular weight excluding hydrogens is 298 g/mol. The topological polar surface area (TPSA) is 66.4 Å². The molecule has 2 rings (SSSR count). The van der Waals surface area contributed by atoms with Gasteiger partial charge in [-0.1, -0.05) is 48.9 Å². The minimum absolute atomic E-state index is 0.0477. The van der Waals surface area contributed by atoms with Crippen LogP contribution in [-0.4, -0.2) is 25.8 Å². The Kier molecular flexibility index (Phi) is 5.21. The Morgan fingerprint density at radius 1 is 1.14 bits per heavy atom. The molecule has 1 unspecified atom stereocenters. The van der Waals surface area contributed by atoms with Gasteiger partial charge in [0.05, 0.1) is 22.4 Å². The standard InChI is InChI=1S/C17H21NO3S/c1-3-22(20,21)17-10-5-4-9-15(17)18-12-16(19)14-8-6-7-13(2)11-14/h4-11,16,18-19H,3,12H2,1-2H3. The zero-order valence-electron chi connectivity index (χ0n) is 12.8. The van der Waals surface area contributed by atoms with E-state index in [-0.39, 0.29) is 17.2 Å². The second kappa shape index (κ2) is 6.94. The zero-order valence-corrected chi connectivity index (χ0v) is 13.6. The minimum Gasteiger partial charge on any atom is -0.387 e. The summed E-state index contributed by atoms with van der Waals surface area (Å²) in [5, 5.41) is 13.3. The lowest BCUT2D eigenvalue weighted by molar-refractivity contribution is 0.191. The largest absolute Gasteiger partial charge is 0.387 e. The molecule has 0 saturated heterocycles. The zero-order chi connectivity index (χ0) is 16.2. The number of hydrogen-bond donors (Lipinski definition) is 2. The Bertz CT molecular complexity index is 741. The molecule has 5 heteroatoms. The monoisotopic (exact) mass is 319 g/mol. The molecule has 0 spiro atoms. The maximum Gasteiger partial charge on any atom is 0.180 e. The molecule has 2 N–H and O–H groups in total. The SMILES string of the molecule is CCS(=O)(=O)c1ccccc1NCC(O)c1cccc(C)c1. The Labute approximate surface area is 131 Å². The molecule has 0 aliphatic heterocycles. The second-order valence-corrected chi connectivity index (χ2v) is 7.46. The summed E-state index contributed by atoms with van der Waals surface area (Å²) >= 11 is 0. The van der Waals surface area contributed by atoms with Crippen LogP contribution in [0.5, 0.6) is 0 Å². The van der Waals surface area contributed by atoms with Crippen LogP contribution in [0.25, 0.3) is 0 Å². The normalized spacial score (nSPS) is 12.9. The molecule has 2 aromatic carbocycles. The number of rotatable bonds is 6. The lowest BCUT2D eigenvalue weighted by atomic mass is 10.1. The van der Waals surface area contributed by atoms with Crippen LogP contribution < -0.4 is 5.32 Å². The number of aliphatic hydroxyl groups excluding tert-OH is 1. The molecule has 2 aromatic rings. The summed E-state index contributed by atoms with van der Waals surface area (Å²) in [6.07, 6.45) is -0.697. The van der Waals surface area contributed by atoms with Crippen molar-refractivity contribution in [1.29, 1.82) is 0 Å². The Balaban J connectivity index is 2.16. The summed E-state index contributed by atoms with van der Waals surface area (Å²) < 4.78 is 24.2. The van der Waals surface area contributed by atoms with Crippen LogP contribution in [0.15, 0.2) is 53.4 Å². The van der Waals surface area contributed by atoms with Crippen LogP contribution in [0.2, 0.25) is 0 Å². The van der Waals surface area contributed by atoms with E-state index in [1.165, 1.54) is 0 Å². The summed E-state index contributed by atoms with van der Waals surface area (Å²) in [5.74, 6) is 0.0477. The maximum atomic E-state index is 12.1. The molecule has 0 radical (unpaired) electrons. The Morgan fingerprint density at radius 3 is 2.55 bits per heavy atom. The third-order valence-corrected chi connectivity index (χ3v) is 5.30. The van der Waals surface area contributed by atoms with Crippen LogP contribution in [0.1, 0.15) is 24.2 Å². The molecule has 4 nitrogen and oxygen atoms in total. The minimum atomic E-state index is -3.29. The summed E-state index contributed by atoms with van der Waals surface area (Å²) in [6, 6.07) is 14.4. The highest BCUT2D eigenvalue weighted by molar-refractivity contribution is 7.91. The van der Waals surface area contributed by atoms with Gasteiger partial charge in [0.25, 0.3) is 0 Å². The van der Waals surface area contributed by atoms with Crippen molar-refractivity contribution in [1.82, 2.24) is 0 Å². The summed E-state index contributed by atoms with van der Waals surface area (Å²) in [4.78, 5) is 0.272. The van der Waals surface area contributed by atoms with Crippen LogP contribution in [-0.2, 0) is 9.84 Å². The highest BCUT2D eigenvalue weighted by atomic mass is 32.2. The van der Waals surface area contributed by atoms with Crippen molar-refractivity contribution in [2.45, 2.75) is 24.8 Å². The Hall–Kier alpha value is -1.85. The third-order valence-electron chi connectivity index (χ3n) is 3.51. The summed E-state index contributed by atoms with van der Waals surface area (Å²) in [5.41, 5.74) is 2.41. The van der Waals surface area contributed by atoms with Crippen molar-refractivity contribution in [3.8, 4) is 0 Å². The van der Waals surface area contributed by atoms with Crippen molar-refractivity contribution in [3.05, 3.63) is 59.7 Å². The molecule has 0 bridgehead atoms. The van der Waals surface area contributed by atoms with Gasteiger partial charge in [-0.25, -0.2) is 8.42 Å². The molecule has 22 heavy (non-hydrogen) atoms. The average Bonchev–Trinajstić information content (AvgIpc) is 2.52. The number of sulfone groups is 1. The molecule has 0 aromatic heterocycles. The fraction of sp³-hybridized carbons (Fsp3) is 0.294. The smallest absolute Gasteiger partial charge is 0.180 e. The lowest BCUT2D eigenvalue weighted by Crippen LogP contribution is -2.15. The van der Waals surface area contributed by atoms with Gasteiger partial charge in [0, 0.05) is 6.54 Å². The van der Waals surface area contributed by atoms with E-state index in [1.807, 2.05) is 31.2 Å². The first-order valence-corrected chi connectivity index (χ1v) is 8.89. The number of hydrogen-bond acceptors (Lipinski definition) is 4. The van der Waals surface area contributed by atoms with Crippen molar-refractivity contribution in [2.75, 3.05) is 17.6 Å². The fourth-order valence-electron chi connectivity index (χ4n) is 2.24.